The fourth-order valence-electron chi connectivity index (χ4n) is 1.17. The van der Waals surface area contributed by atoms with E-state index in [4.69, 9.17) is 0 Å². The van der Waals surface area contributed by atoms with Gasteiger partial charge in [0, 0.05) is 18.9 Å². The van der Waals surface area contributed by atoms with Crippen molar-refractivity contribution in [3.63, 3.8) is 0 Å². The first-order valence-corrected chi connectivity index (χ1v) is 4.83. The Morgan fingerprint density at radius 3 is 3.08 bits per heavy atom. The Morgan fingerprint density at radius 2 is 2.46 bits per heavy atom. The molecule has 0 aliphatic rings. The summed E-state index contributed by atoms with van der Waals surface area (Å²) in [6.07, 6.45) is 5.41. The Kier molecular flexibility index (Phi) is 4.57. The molecular weight excluding hydrogens is 164 g/mol. The number of aliphatic hydroxyl groups excluding tert-OH is 1. The van der Waals surface area contributed by atoms with Gasteiger partial charge in [0.25, 0.3) is 0 Å². The zero-order chi connectivity index (χ0) is 9.52. The van der Waals surface area contributed by atoms with Gasteiger partial charge in [0.15, 0.2) is 0 Å². The van der Waals surface area contributed by atoms with E-state index in [1.807, 2.05) is 25.4 Å². The molecule has 3 heteroatoms. The number of nitrogens with one attached hydrogen (secondary N) is 2. The maximum atomic E-state index is 9.27. The van der Waals surface area contributed by atoms with Crippen molar-refractivity contribution in [2.45, 2.75) is 32.4 Å². The molecule has 1 aromatic heterocycles. The Labute approximate surface area is 79.2 Å². The van der Waals surface area contributed by atoms with E-state index in [-0.39, 0.29) is 6.10 Å². The predicted molar refractivity (Wildman–Crippen MR) is 53.4 cm³/mol. The Hall–Kier alpha value is -0.800. The molecule has 0 amide bonds. The number of aromatic amines is 1. The van der Waals surface area contributed by atoms with Gasteiger partial charge in [-0.05, 0) is 31.0 Å². The smallest absolute Gasteiger partial charge is 0.0549 e. The van der Waals surface area contributed by atoms with Crippen LogP contribution in [-0.2, 0) is 6.54 Å². The number of hydrogen-bond acceptors (Lipinski definition) is 2. The van der Waals surface area contributed by atoms with Crippen molar-refractivity contribution < 1.29 is 5.11 Å². The average molecular weight is 182 g/mol. The highest BCUT2D eigenvalue weighted by Gasteiger charge is 1.99. The number of aliphatic hydroxyl groups is 1. The van der Waals surface area contributed by atoms with Gasteiger partial charge in [-0.25, -0.2) is 0 Å². The molecule has 0 fully saturated rings. The normalized spacial score (nSPS) is 13.1. The van der Waals surface area contributed by atoms with Crippen LogP contribution in [0.5, 0.6) is 0 Å². The molecule has 13 heavy (non-hydrogen) atoms. The molecule has 0 spiro atoms. The molecule has 0 bridgehead atoms. The largest absolute Gasteiger partial charge is 0.393 e. The topological polar surface area (TPSA) is 48.0 Å². The van der Waals surface area contributed by atoms with E-state index in [9.17, 15) is 5.11 Å². The van der Waals surface area contributed by atoms with Crippen molar-refractivity contribution in [2.75, 3.05) is 6.54 Å². The van der Waals surface area contributed by atoms with Crippen LogP contribution >= 0.6 is 0 Å². The van der Waals surface area contributed by atoms with Gasteiger partial charge in [-0.1, -0.05) is 6.92 Å². The van der Waals surface area contributed by atoms with Gasteiger partial charge in [-0.2, -0.15) is 0 Å². The van der Waals surface area contributed by atoms with Crippen LogP contribution in [0.1, 0.15) is 25.3 Å². The van der Waals surface area contributed by atoms with E-state index >= 15 is 0 Å². The van der Waals surface area contributed by atoms with Crippen LogP contribution in [0.2, 0.25) is 0 Å². The lowest BCUT2D eigenvalue weighted by atomic mass is 10.2. The first-order valence-electron chi connectivity index (χ1n) is 4.83. The first kappa shape index (κ1) is 10.3. The second-order valence-electron chi connectivity index (χ2n) is 3.25. The summed E-state index contributed by atoms with van der Waals surface area (Å²) in [5.41, 5.74) is 1.26. The highest BCUT2D eigenvalue weighted by Crippen LogP contribution is 1.97. The highest BCUT2D eigenvalue weighted by atomic mass is 16.3. The maximum Gasteiger partial charge on any atom is 0.0549 e. The molecule has 0 aliphatic carbocycles. The van der Waals surface area contributed by atoms with Crippen molar-refractivity contribution in [2.24, 2.45) is 0 Å². The van der Waals surface area contributed by atoms with Crippen LogP contribution in [-0.4, -0.2) is 22.7 Å². The SMILES string of the molecule is CCC(O)CCNCc1cc[nH]c1. The summed E-state index contributed by atoms with van der Waals surface area (Å²) in [5, 5.41) is 12.5. The van der Waals surface area contributed by atoms with Gasteiger partial charge in [0.2, 0.25) is 0 Å². The average Bonchev–Trinajstić information content (AvgIpc) is 2.64. The van der Waals surface area contributed by atoms with Gasteiger partial charge in [0.1, 0.15) is 0 Å². The van der Waals surface area contributed by atoms with Gasteiger partial charge < -0.3 is 15.4 Å². The van der Waals surface area contributed by atoms with Crippen LogP contribution in [0.3, 0.4) is 0 Å². The molecule has 1 unspecified atom stereocenters. The lowest BCUT2D eigenvalue weighted by molar-refractivity contribution is 0.159. The van der Waals surface area contributed by atoms with E-state index in [2.05, 4.69) is 10.3 Å². The van der Waals surface area contributed by atoms with Gasteiger partial charge in [0.05, 0.1) is 6.10 Å². The summed E-state index contributed by atoms with van der Waals surface area (Å²) in [7, 11) is 0. The van der Waals surface area contributed by atoms with Crippen LogP contribution in [0.25, 0.3) is 0 Å². The first-order chi connectivity index (χ1) is 6.33. The predicted octanol–water partition coefficient (Wildman–Crippen LogP) is 1.27. The molecule has 0 aliphatic heterocycles. The van der Waals surface area contributed by atoms with Crippen molar-refractivity contribution in [3.8, 4) is 0 Å². The van der Waals surface area contributed by atoms with Crippen LogP contribution in [0.15, 0.2) is 18.5 Å². The van der Waals surface area contributed by atoms with Gasteiger partial charge >= 0.3 is 0 Å². The minimum absolute atomic E-state index is 0.154. The Bertz CT molecular complexity index is 209. The third-order valence-corrected chi connectivity index (χ3v) is 2.12. The van der Waals surface area contributed by atoms with Crippen LogP contribution in [0, 0.1) is 0 Å². The summed E-state index contributed by atoms with van der Waals surface area (Å²) < 4.78 is 0. The zero-order valence-corrected chi connectivity index (χ0v) is 8.09. The second kappa shape index (κ2) is 5.78. The van der Waals surface area contributed by atoms with E-state index in [0.717, 1.165) is 25.9 Å². The van der Waals surface area contributed by atoms with E-state index in [0.29, 0.717) is 0 Å². The number of H-pyrrole nitrogens is 1. The molecule has 0 aromatic carbocycles. The van der Waals surface area contributed by atoms with Crippen LogP contribution in [0.4, 0.5) is 0 Å². The Balaban J connectivity index is 2.02. The quantitative estimate of drug-likeness (QED) is 0.580. The van der Waals surface area contributed by atoms with Gasteiger partial charge in [-0.3, -0.25) is 0 Å². The molecule has 74 valence electrons. The molecule has 1 atom stereocenters. The second-order valence-corrected chi connectivity index (χ2v) is 3.25. The third kappa shape index (κ3) is 4.10. The molecule has 1 aromatic rings. The summed E-state index contributed by atoms with van der Waals surface area (Å²) in [4.78, 5) is 3.00. The van der Waals surface area contributed by atoms with Crippen molar-refractivity contribution in [1.82, 2.24) is 10.3 Å². The molecule has 3 nitrogen and oxygen atoms in total. The van der Waals surface area contributed by atoms with Crippen molar-refractivity contribution >= 4 is 0 Å². The standard InChI is InChI=1S/C10H18N2O/c1-2-10(13)4-6-12-8-9-3-5-11-7-9/h3,5,7,10-13H,2,4,6,8H2,1H3. The van der Waals surface area contributed by atoms with E-state index < -0.39 is 0 Å². The molecule has 1 rings (SSSR count). The zero-order valence-electron chi connectivity index (χ0n) is 8.09. The van der Waals surface area contributed by atoms with E-state index in [1.54, 1.807) is 0 Å². The highest BCUT2D eigenvalue weighted by molar-refractivity contribution is 5.07. The molecule has 3 N–H and O–H groups in total. The minimum atomic E-state index is -0.154. The van der Waals surface area contributed by atoms with Crippen LogP contribution < -0.4 is 5.32 Å². The lowest BCUT2D eigenvalue weighted by Gasteiger charge is -2.07. The third-order valence-electron chi connectivity index (χ3n) is 2.12. The molecule has 1 heterocycles. The molecule has 0 radical (unpaired) electrons. The minimum Gasteiger partial charge on any atom is -0.393 e. The maximum absolute atomic E-state index is 9.27. The number of aromatic nitrogens is 1. The lowest BCUT2D eigenvalue weighted by Crippen LogP contribution is -2.19. The summed E-state index contributed by atoms with van der Waals surface area (Å²) in [5.74, 6) is 0. The monoisotopic (exact) mass is 182 g/mol. The fourth-order valence-corrected chi connectivity index (χ4v) is 1.17. The summed E-state index contributed by atoms with van der Waals surface area (Å²) in [6.45, 7) is 3.75. The molecule has 0 saturated carbocycles. The number of rotatable bonds is 6. The van der Waals surface area contributed by atoms with E-state index in [1.165, 1.54) is 5.56 Å². The van der Waals surface area contributed by atoms with Gasteiger partial charge in [-0.15, -0.1) is 0 Å². The fraction of sp³-hybridized carbons (Fsp3) is 0.600. The molecular formula is C10H18N2O. The Morgan fingerprint density at radius 1 is 1.62 bits per heavy atom. The summed E-state index contributed by atoms with van der Waals surface area (Å²) >= 11 is 0. The summed E-state index contributed by atoms with van der Waals surface area (Å²) in [6, 6.07) is 2.04. The van der Waals surface area contributed by atoms with Crippen molar-refractivity contribution in [3.05, 3.63) is 24.0 Å². The number of hydrogen-bond donors (Lipinski definition) is 3. The van der Waals surface area contributed by atoms with Crippen molar-refractivity contribution in [1.29, 1.82) is 0 Å². The molecule has 0 saturated heterocycles.